The topological polar surface area (TPSA) is 84.5 Å². The Bertz CT molecular complexity index is 1280. The first kappa shape index (κ1) is 25.5. The maximum atomic E-state index is 6.11. The van der Waals surface area contributed by atoms with E-state index in [9.17, 15) is 0 Å². The smallest absolute Gasteiger partial charge is 0.138 e. The van der Waals surface area contributed by atoms with E-state index in [1.807, 2.05) is 42.7 Å². The number of methoxy groups -OCH3 is 1. The summed E-state index contributed by atoms with van der Waals surface area (Å²) in [4.78, 5) is 14.8. The van der Waals surface area contributed by atoms with Gasteiger partial charge in [-0.25, -0.2) is 9.97 Å². The van der Waals surface area contributed by atoms with Gasteiger partial charge in [0.2, 0.25) is 0 Å². The predicted octanol–water partition coefficient (Wildman–Crippen LogP) is 4.83. The van der Waals surface area contributed by atoms with Crippen LogP contribution in [-0.4, -0.2) is 73.0 Å². The minimum atomic E-state index is -0.291. The van der Waals surface area contributed by atoms with Gasteiger partial charge in [-0.1, -0.05) is 35.9 Å². The first-order valence-corrected chi connectivity index (χ1v) is 12.9. The van der Waals surface area contributed by atoms with E-state index >= 15 is 0 Å². The summed E-state index contributed by atoms with van der Waals surface area (Å²) in [5.41, 5.74) is 3.88. The molecule has 3 aromatic heterocycles. The third kappa shape index (κ3) is 6.59. The molecule has 8 nitrogen and oxygen atoms in total. The van der Waals surface area contributed by atoms with E-state index in [1.54, 1.807) is 13.3 Å². The molecule has 0 amide bonds. The highest BCUT2D eigenvalue weighted by molar-refractivity contribution is 6.29. The maximum Gasteiger partial charge on any atom is 0.138 e. The predicted molar refractivity (Wildman–Crippen MR) is 146 cm³/mol. The molecule has 2 aliphatic rings. The number of halogens is 1. The summed E-state index contributed by atoms with van der Waals surface area (Å²) in [5, 5.41) is 5.17. The Morgan fingerprint density at radius 1 is 1.19 bits per heavy atom. The Morgan fingerprint density at radius 2 is 2.08 bits per heavy atom. The summed E-state index contributed by atoms with van der Waals surface area (Å²) in [7, 11) is 1.70. The Morgan fingerprint density at radius 3 is 2.89 bits per heavy atom. The van der Waals surface area contributed by atoms with E-state index in [2.05, 4.69) is 37.3 Å². The van der Waals surface area contributed by atoms with Crippen LogP contribution < -0.4 is 10.1 Å². The zero-order valence-corrected chi connectivity index (χ0v) is 21.7. The molecule has 1 unspecified atom stereocenters. The number of nitrogens with one attached hydrogen (secondary N) is 2. The Balaban J connectivity index is 1.24. The average molecular weight is 522 g/mol. The number of fused-ring (bicyclic) bond motifs is 1. The van der Waals surface area contributed by atoms with Crippen LogP contribution in [0.25, 0.3) is 11.0 Å². The van der Waals surface area contributed by atoms with Gasteiger partial charge in [-0.3, -0.25) is 4.90 Å². The number of aromatic amines is 1. The van der Waals surface area contributed by atoms with Crippen molar-refractivity contribution in [3.8, 4) is 5.75 Å². The van der Waals surface area contributed by atoms with Gasteiger partial charge in [0.1, 0.15) is 29.9 Å². The SMILES string of the molecule is COC(c1ccc(NCC2=CC=C(Cl)CC=C2)nc1)c1c[nH]c2ncc(OCCN3CCOCC3)cc12. The Kier molecular flexibility index (Phi) is 8.53. The molecule has 1 aliphatic carbocycles. The van der Waals surface area contributed by atoms with Gasteiger partial charge in [-0.05, 0) is 23.8 Å². The molecule has 1 atom stereocenters. The second kappa shape index (κ2) is 12.4. The first-order valence-electron chi connectivity index (χ1n) is 12.5. The largest absolute Gasteiger partial charge is 0.491 e. The van der Waals surface area contributed by atoms with Crippen molar-refractivity contribution in [1.29, 1.82) is 0 Å². The molecule has 3 aromatic rings. The summed E-state index contributed by atoms with van der Waals surface area (Å²) >= 11 is 6.11. The monoisotopic (exact) mass is 521 g/mol. The number of aromatic nitrogens is 3. The molecule has 1 aliphatic heterocycles. The van der Waals surface area contributed by atoms with Gasteiger partial charge in [0.15, 0.2) is 0 Å². The van der Waals surface area contributed by atoms with E-state index in [-0.39, 0.29) is 6.10 Å². The summed E-state index contributed by atoms with van der Waals surface area (Å²) in [6, 6.07) is 6.03. The van der Waals surface area contributed by atoms with Crippen LogP contribution in [0, 0.1) is 0 Å². The summed E-state index contributed by atoms with van der Waals surface area (Å²) in [6.07, 6.45) is 14.1. The molecular weight excluding hydrogens is 490 g/mol. The summed E-state index contributed by atoms with van der Waals surface area (Å²) < 4.78 is 17.3. The van der Waals surface area contributed by atoms with Gasteiger partial charge in [0, 0.05) is 73.6 Å². The number of allylic oxidation sites excluding steroid dienone is 4. The van der Waals surface area contributed by atoms with E-state index in [1.165, 1.54) is 0 Å². The number of morpholine rings is 1. The fraction of sp³-hybridized carbons (Fsp3) is 0.357. The number of hydrogen-bond acceptors (Lipinski definition) is 7. The number of anilines is 1. The molecule has 37 heavy (non-hydrogen) atoms. The molecule has 0 saturated carbocycles. The summed E-state index contributed by atoms with van der Waals surface area (Å²) in [5.74, 6) is 1.54. The molecule has 0 radical (unpaired) electrons. The fourth-order valence-electron chi connectivity index (χ4n) is 4.48. The van der Waals surface area contributed by atoms with Crippen molar-refractivity contribution in [2.75, 3.05) is 58.4 Å². The molecular formula is C28H32ClN5O3. The molecule has 0 bridgehead atoms. The molecule has 5 rings (SSSR count). The summed E-state index contributed by atoms with van der Waals surface area (Å²) in [6.45, 7) is 5.60. The molecule has 194 valence electrons. The van der Waals surface area contributed by atoms with Crippen LogP contribution in [0.2, 0.25) is 0 Å². The number of hydrogen-bond donors (Lipinski definition) is 2. The number of pyridine rings is 2. The van der Waals surface area contributed by atoms with Gasteiger partial charge in [0.05, 0.1) is 19.4 Å². The highest BCUT2D eigenvalue weighted by Crippen LogP contribution is 2.32. The molecule has 0 spiro atoms. The number of rotatable bonds is 10. The molecule has 4 heterocycles. The van der Waals surface area contributed by atoms with Crippen LogP contribution in [0.4, 0.5) is 5.82 Å². The highest BCUT2D eigenvalue weighted by Gasteiger charge is 2.19. The van der Waals surface area contributed by atoms with Gasteiger partial charge in [-0.2, -0.15) is 0 Å². The van der Waals surface area contributed by atoms with Crippen LogP contribution in [0.3, 0.4) is 0 Å². The van der Waals surface area contributed by atoms with Gasteiger partial charge in [0.25, 0.3) is 0 Å². The molecule has 1 fully saturated rings. The Hall–Kier alpha value is -3.17. The van der Waals surface area contributed by atoms with E-state index < -0.39 is 0 Å². The number of nitrogens with zero attached hydrogens (tertiary/aromatic N) is 3. The van der Waals surface area contributed by atoms with Crippen molar-refractivity contribution >= 4 is 28.5 Å². The molecule has 0 aromatic carbocycles. The van der Waals surface area contributed by atoms with Gasteiger partial charge in [-0.15, -0.1) is 0 Å². The van der Waals surface area contributed by atoms with Crippen molar-refractivity contribution in [3.63, 3.8) is 0 Å². The van der Waals surface area contributed by atoms with Crippen LogP contribution in [0.15, 0.2) is 71.7 Å². The zero-order chi connectivity index (χ0) is 25.5. The second-order valence-electron chi connectivity index (χ2n) is 9.02. The van der Waals surface area contributed by atoms with Crippen molar-refractivity contribution in [1.82, 2.24) is 19.9 Å². The van der Waals surface area contributed by atoms with Crippen LogP contribution in [0.1, 0.15) is 23.7 Å². The third-order valence-electron chi connectivity index (χ3n) is 6.52. The van der Waals surface area contributed by atoms with Crippen molar-refractivity contribution < 1.29 is 14.2 Å². The van der Waals surface area contributed by atoms with E-state index in [0.29, 0.717) is 13.2 Å². The molecule has 9 heteroatoms. The van der Waals surface area contributed by atoms with Crippen LogP contribution >= 0.6 is 11.6 Å². The highest BCUT2D eigenvalue weighted by atomic mass is 35.5. The van der Waals surface area contributed by atoms with Gasteiger partial charge >= 0.3 is 0 Å². The van der Waals surface area contributed by atoms with Crippen molar-refractivity contribution in [2.24, 2.45) is 0 Å². The van der Waals surface area contributed by atoms with E-state index in [0.717, 1.165) is 83.6 Å². The van der Waals surface area contributed by atoms with Gasteiger partial charge < -0.3 is 24.5 Å². The zero-order valence-electron chi connectivity index (χ0n) is 21.0. The van der Waals surface area contributed by atoms with Crippen LogP contribution in [0.5, 0.6) is 5.75 Å². The van der Waals surface area contributed by atoms with Crippen molar-refractivity contribution in [3.05, 3.63) is 82.8 Å². The lowest BCUT2D eigenvalue weighted by molar-refractivity contribution is 0.0322. The number of ether oxygens (including phenoxy) is 3. The Labute approximate surface area is 222 Å². The minimum Gasteiger partial charge on any atom is -0.491 e. The first-order chi connectivity index (χ1) is 18.2. The molecule has 1 saturated heterocycles. The van der Waals surface area contributed by atoms with Crippen LogP contribution in [-0.2, 0) is 9.47 Å². The standard InChI is InChI=1S/C28H32ClN5O3/c1-35-27(21-6-8-26(31-17-21)30-16-20-3-2-4-22(29)7-5-20)25-19-33-28-24(25)15-23(18-32-28)37-14-11-34-9-12-36-13-10-34/h2-3,5-8,15,17-19,27H,4,9-14,16H2,1H3,(H,30,31)(H,32,33). The fourth-order valence-corrected chi connectivity index (χ4v) is 4.63. The average Bonchev–Trinajstić information content (AvgIpc) is 3.22. The van der Waals surface area contributed by atoms with Crippen molar-refractivity contribution in [2.45, 2.75) is 12.5 Å². The van der Waals surface area contributed by atoms with E-state index in [4.69, 9.17) is 25.8 Å². The third-order valence-corrected chi connectivity index (χ3v) is 6.80. The second-order valence-corrected chi connectivity index (χ2v) is 9.51. The minimum absolute atomic E-state index is 0.291. The lowest BCUT2D eigenvalue weighted by atomic mass is 10.0. The number of H-pyrrole nitrogens is 1. The quantitative estimate of drug-likeness (QED) is 0.395. The normalized spacial score (nSPS) is 17.2. The lowest BCUT2D eigenvalue weighted by Gasteiger charge is -2.26. The lowest BCUT2D eigenvalue weighted by Crippen LogP contribution is -2.38. The maximum absolute atomic E-state index is 6.11. The molecule has 2 N–H and O–H groups in total.